The first-order valence-electron chi connectivity index (χ1n) is 8.03. The lowest BCUT2D eigenvalue weighted by Gasteiger charge is -2.15. The Balaban J connectivity index is 1.73. The number of sulfonamides is 1. The molecule has 128 valence electrons. The first kappa shape index (κ1) is 15.9. The van der Waals surface area contributed by atoms with Gasteiger partial charge in [0.1, 0.15) is 5.52 Å². The van der Waals surface area contributed by atoms with Crippen LogP contribution in [-0.2, 0) is 10.0 Å². The van der Waals surface area contributed by atoms with Crippen molar-refractivity contribution >= 4 is 27.0 Å². The summed E-state index contributed by atoms with van der Waals surface area (Å²) in [7, 11) is -3.57. The van der Waals surface area contributed by atoms with E-state index >= 15 is 0 Å². The van der Waals surface area contributed by atoms with Crippen LogP contribution in [-0.4, -0.2) is 46.7 Å². The second-order valence-electron chi connectivity index (χ2n) is 5.93. The summed E-state index contributed by atoms with van der Waals surface area (Å²) in [6, 6.07) is 13.2. The zero-order chi connectivity index (χ0) is 17.4. The molecule has 1 aliphatic heterocycles. The van der Waals surface area contributed by atoms with Crippen LogP contribution in [0.5, 0.6) is 0 Å². The lowest BCUT2D eigenvalue weighted by atomic mass is 10.2. The van der Waals surface area contributed by atoms with Crippen molar-refractivity contribution in [3.8, 4) is 0 Å². The van der Waals surface area contributed by atoms with Crippen LogP contribution < -0.4 is 0 Å². The van der Waals surface area contributed by atoms with Crippen molar-refractivity contribution in [2.45, 2.75) is 17.7 Å². The Morgan fingerprint density at radius 3 is 2.56 bits per heavy atom. The van der Waals surface area contributed by atoms with Crippen LogP contribution in [0.4, 0.5) is 0 Å². The Morgan fingerprint density at radius 1 is 1.00 bits per heavy atom. The number of carbonyl (C=O) groups excluding carboxylic acids is 1. The van der Waals surface area contributed by atoms with Crippen molar-refractivity contribution in [1.29, 1.82) is 0 Å². The van der Waals surface area contributed by atoms with E-state index in [4.69, 9.17) is 0 Å². The van der Waals surface area contributed by atoms with Gasteiger partial charge in [0.05, 0.1) is 10.4 Å². The van der Waals surface area contributed by atoms with E-state index in [2.05, 4.69) is 10.3 Å². The predicted molar refractivity (Wildman–Crippen MR) is 91.7 cm³/mol. The molecule has 2 aromatic carbocycles. The van der Waals surface area contributed by atoms with E-state index in [1.165, 1.54) is 21.1 Å². The summed E-state index contributed by atoms with van der Waals surface area (Å²) in [4.78, 5) is 12.9. The summed E-state index contributed by atoms with van der Waals surface area (Å²) in [5, 5.41) is 7.86. The highest BCUT2D eigenvalue weighted by atomic mass is 32.2. The van der Waals surface area contributed by atoms with Crippen LogP contribution in [0.15, 0.2) is 53.4 Å². The minimum absolute atomic E-state index is 0.129. The van der Waals surface area contributed by atoms with Gasteiger partial charge in [0, 0.05) is 18.7 Å². The first-order chi connectivity index (χ1) is 12.1. The van der Waals surface area contributed by atoms with Gasteiger partial charge in [0.25, 0.3) is 5.91 Å². The van der Waals surface area contributed by atoms with E-state index in [0.717, 1.165) is 12.8 Å². The SMILES string of the molecule is O=C(c1cccc(S(=O)(=O)N2CCCC2)c1)n1nnc2ccccc21. The Hall–Kier alpha value is -2.58. The lowest BCUT2D eigenvalue weighted by molar-refractivity contribution is 0.0948. The number of fused-ring (bicyclic) bond motifs is 1. The number of hydrogen-bond acceptors (Lipinski definition) is 5. The molecule has 1 saturated heterocycles. The molecular formula is C17H16N4O3S. The average molecular weight is 356 g/mol. The molecule has 1 aromatic heterocycles. The van der Waals surface area contributed by atoms with E-state index in [9.17, 15) is 13.2 Å². The summed E-state index contributed by atoms with van der Waals surface area (Å²) in [5.74, 6) is -0.410. The standard InChI is InChI=1S/C17H16N4O3S/c22-17(21-16-9-2-1-8-15(16)18-19-21)13-6-5-7-14(12-13)25(23,24)20-10-3-4-11-20/h1-2,5-9,12H,3-4,10-11H2. The minimum Gasteiger partial charge on any atom is -0.267 e. The van der Waals surface area contributed by atoms with E-state index in [1.54, 1.807) is 30.3 Å². The van der Waals surface area contributed by atoms with E-state index in [0.29, 0.717) is 24.1 Å². The number of benzene rings is 2. The summed E-state index contributed by atoms with van der Waals surface area (Å²) < 4.78 is 28.0. The Labute approximate surface area is 144 Å². The molecule has 4 rings (SSSR count). The fraction of sp³-hybridized carbons (Fsp3) is 0.235. The molecule has 0 aliphatic carbocycles. The maximum Gasteiger partial charge on any atom is 0.280 e. The molecule has 0 saturated carbocycles. The number of aromatic nitrogens is 3. The van der Waals surface area contributed by atoms with Crippen molar-refractivity contribution in [3.05, 3.63) is 54.1 Å². The summed E-state index contributed by atoms with van der Waals surface area (Å²) in [6.07, 6.45) is 1.73. The summed E-state index contributed by atoms with van der Waals surface area (Å²) in [6.45, 7) is 1.04. The van der Waals surface area contributed by atoms with Gasteiger partial charge in [-0.1, -0.05) is 23.4 Å². The summed E-state index contributed by atoms with van der Waals surface area (Å²) in [5.41, 5.74) is 1.45. The fourth-order valence-corrected chi connectivity index (χ4v) is 4.57. The monoisotopic (exact) mass is 356 g/mol. The molecule has 1 aliphatic rings. The zero-order valence-electron chi connectivity index (χ0n) is 13.4. The normalized spacial score (nSPS) is 15.7. The van der Waals surface area contributed by atoms with Gasteiger partial charge in [-0.3, -0.25) is 4.79 Å². The first-order valence-corrected chi connectivity index (χ1v) is 9.47. The quantitative estimate of drug-likeness (QED) is 0.715. The van der Waals surface area contributed by atoms with Gasteiger partial charge in [-0.15, -0.1) is 5.10 Å². The van der Waals surface area contributed by atoms with E-state index < -0.39 is 15.9 Å². The van der Waals surface area contributed by atoms with Gasteiger partial charge >= 0.3 is 0 Å². The number of carbonyl (C=O) groups is 1. The maximum absolute atomic E-state index is 12.8. The molecule has 2 heterocycles. The van der Waals surface area contributed by atoms with Gasteiger partial charge in [-0.05, 0) is 43.2 Å². The molecule has 0 amide bonds. The zero-order valence-corrected chi connectivity index (χ0v) is 14.2. The van der Waals surface area contributed by atoms with Crippen LogP contribution in [0.3, 0.4) is 0 Å². The van der Waals surface area contributed by atoms with Gasteiger partial charge < -0.3 is 0 Å². The molecule has 8 heteroatoms. The molecule has 0 N–H and O–H groups in total. The summed E-state index contributed by atoms with van der Waals surface area (Å²) >= 11 is 0. The number of rotatable bonds is 3. The van der Waals surface area contributed by atoms with Gasteiger partial charge in [0.15, 0.2) is 0 Å². The molecular weight excluding hydrogens is 340 g/mol. The van der Waals surface area contributed by atoms with Crippen LogP contribution in [0, 0.1) is 0 Å². The maximum atomic E-state index is 12.8. The van der Waals surface area contributed by atoms with Gasteiger partial charge in [0.2, 0.25) is 10.0 Å². The Kier molecular flexibility index (Phi) is 3.85. The highest BCUT2D eigenvalue weighted by molar-refractivity contribution is 7.89. The third kappa shape index (κ3) is 2.73. The molecule has 25 heavy (non-hydrogen) atoms. The molecule has 0 spiro atoms. The molecule has 3 aromatic rings. The molecule has 1 fully saturated rings. The van der Waals surface area contributed by atoms with Crippen molar-refractivity contribution < 1.29 is 13.2 Å². The Morgan fingerprint density at radius 2 is 1.76 bits per heavy atom. The average Bonchev–Trinajstić information content (AvgIpc) is 3.31. The van der Waals surface area contributed by atoms with Crippen LogP contribution in [0.2, 0.25) is 0 Å². The van der Waals surface area contributed by atoms with Crippen molar-refractivity contribution in [2.75, 3.05) is 13.1 Å². The Bertz CT molecular complexity index is 1050. The predicted octanol–water partition coefficient (Wildman–Crippen LogP) is 1.90. The molecule has 0 bridgehead atoms. The van der Waals surface area contributed by atoms with Gasteiger partial charge in [-0.2, -0.15) is 8.99 Å². The van der Waals surface area contributed by atoms with Crippen molar-refractivity contribution in [3.63, 3.8) is 0 Å². The van der Waals surface area contributed by atoms with E-state index in [-0.39, 0.29) is 10.5 Å². The van der Waals surface area contributed by atoms with Crippen LogP contribution in [0.25, 0.3) is 11.0 Å². The number of nitrogens with zero attached hydrogens (tertiary/aromatic N) is 4. The smallest absolute Gasteiger partial charge is 0.267 e. The van der Waals surface area contributed by atoms with E-state index in [1.807, 2.05) is 6.07 Å². The van der Waals surface area contributed by atoms with Crippen molar-refractivity contribution in [1.82, 2.24) is 19.3 Å². The topological polar surface area (TPSA) is 85.2 Å². The molecule has 0 unspecified atom stereocenters. The third-order valence-corrected chi connectivity index (χ3v) is 6.22. The fourth-order valence-electron chi connectivity index (χ4n) is 3.01. The van der Waals surface area contributed by atoms with Gasteiger partial charge in [-0.25, -0.2) is 8.42 Å². The minimum atomic E-state index is -3.57. The lowest BCUT2D eigenvalue weighted by Crippen LogP contribution is -2.28. The number of para-hydroxylation sites is 1. The molecule has 0 atom stereocenters. The largest absolute Gasteiger partial charge is 0.280 e. The van der Waals surface area contributed by atoms with Crippen LogP contribution in [0.1, 0.15) is 23.2 Å². The highest BCUT2D eigenvalue weighted by Gasteiger charge is 2.28. The van der Waals surface area contributed by atoms with Crippen molar-refractivity contribution in [2.24, 2.45) is 0 Å². The third-order valence-electron chi connectivity index (χ3n) is 4.33. The molecule has 0 radical (unpaired) electrons. The number of hydrogen-bond donors (Lipinski definition) is 0. The van der Waals surface area contributed by atoms with Crippen LogP contribution >= 0.6 is 0 Å². The molecule has 7 nitrogen and oxygen atoms in total. The highest BCUT2D eigenvalue weighted by Crippen LogP contribution is 2.22. The second kappa shape index (κ2) is 6.05. The second-order valence-corrected chi connectivity index (χ2v) is 7.87.